The van der Waals surface area contributed by atoms with Gasteiger partial charge in [0.15, 0.2) is 0 Å². The molecule has 2 aliphatic rings. The van der Waals surface area contributed by atoms with Crippen molar-refractivity contribution in [3.05, 3.63) is 40.1 Å². The number of rotatable bonds is 3. The number of ether oxygens (including phenoxy) is 1. The van der Waals surface area contributed by atoms with E-state index in [1.165, 1.54) is 10.6 Å². The van der Waals surface area contributed by atoms with Crippen LogP contribution in [0.15, 0.2) is 23.8 Å². The average Bonchev–Trinajstić information content (AvgIpc) is 3.13. The number of likely N-dealkylation sites (tertiary alicyclic amines) is 1. The van der Waals surface area contributed by atoms with Crippen molar-refractivity contribution >= 4 is 17.0 Å². The minimum Gasteiger partial charge on any atom is -0.373 e. The van der Waals surface area contributed by atoms with Gasteiger partial charge in [0.25, 0.3) is 0 Å². The van der Waals surface area contributed by atoms with Gasteiger partial charge in [0.1, 0.15) is 0 Å². The van der Waals surface area contributed by atoms with Crippen LogP contribution in [-0.4, -0.2) is 53.3 Å². The summed E-state index contributed by atoms with van der Waals surface area (Å²) in [6.45, 7) is 8.93. The van der Waals surface area contributed by atoms with E-state index in [-0.39, 0.29) is 0 Å². The fraction of sp³-hybridized carbons (Fsp3) is 0.529. The summed E-state index contributed by atoms with van der Waals surface area (Å²) in [5.74, 6) is 0. The number of nitrogens with zero attached hydrogens (tertiary/aromatic N) is 4. The number of aromatic nitrogens is 2. The Morgan fingerprint density at radius 3 is 3.00 bits per heavy atom. The summed E-state index contributed by atoms with van der Waals surface area (Å²) < 4.78 is 6.05. The second-order valence-corrected chi connectivity index (χ2v) is 7.32. The number of thiazole rings is 1. The van der Waals surface area contributed by atoms with Gasteiger partial charge < -0.3 is 9.64 Å². The van der Waals surface area contributed by atoms with Crippen LogP contribution in [-0.2, 0) is 11.3 Å². The van der Waals surface area contributed by atoms with Crippen LogP contribution < -0.4 is 4.90 Å². The van der Waals surface area contributed by atoms with Crippen LogP contribution >= 0.6 is 11.3 Å². The predicted molar refractivity (Wildman–Crippen MR) is 92.0 cm³/mol. The van der Waals surface area contributed by atoms with Crippen molar-refractivity contribution in [3.63, 3.8) is 0 Å². The zero-order valence-electron chi connectivity index (χ0n) is 13.6. The summed E-state index contributed by atoms with van der Waals surface area (Å²) in [5.41, 5.74) is 5.44. The lowest BCUT2D eigenvalue weighted by atomic mass is 10.1. The molecule has 4 heterocycles. The average molecular weight is 330 g/mol. The van der Waals surface area contributed by atoms with Gasteiger partial charge in [-0.05, 0) is 26.0 Å². The molecule has 2 aromatic rings. The van der Waals surface area contributed by atoms with Crippen molar-refractivity contribution in [3.8, 4) is 0 Å². The van der Waals surface area contributed by atoms with Gasteiger partial charge in [0.2, 0.25) is 0 Å². The zero-order chi connectivity index (χ0) is 15.8. The van der Waals surface area contributed by atoms with Crippen LogP contribution in [0.4, 0.5) is 5.69 Å². The Balaban J connectivity index is 1.51. The Hall–Kier alpha value is -1.50. The molecular formula is C17H22N4OS. The molecule has 5 nitrogen and oxygen atoms in total. The molecule has 2 aliphatic heterocycles. The SMILES string of the molecule is Cc1cc(N2CCO[C@H]3CN(Cc4scnc4C)C[C@@H]32)ccn1. The zero-order valence-corrected chi connectivity index (χ0v) is 14.4. The lowest BCUT2D eigenvalue weighted by molar-refractivity contribution is 0.0306. The molecule has 6 heteroatoms. The molecule has 0 unspecified atom stereocenters. The van der Waals surface area contributed by atoms with Crippen molar-refractivity contribution in [1.82, 2.24) is 14.9 Å². The third-order valence-corrected chi connectivity index (χ3v) is 5.72. The minimum absolute atomic E-state index is 0.297. The van der Waals surface area contributed by atoms with E-state index in [9.17, 15) is 0 Å². The monoisotopic (exact) mass is 330 g/mol. The number of anilines is 1. The van der Waals surface area contributed by atoms with Gasteiger partial charge in [0.05, 0.1) is 30.0 Å². The van der Waals surface area contributed by atoms with Crippen molar-refractivity contribution in [2.24, 2.45) is 0 Å². The third-order valence-electron chi connectivity index (χ3n) is 4.80. The summed E-state index contributed by atoms with van der Waals surface area (Å²) in [6, 6.07) is 4.72. The molecule has 0 spiro atoms. The summed E-state index contributed by atoms with van der Waals surface area (Å²) in [5, 5.41) is 0. The number of hydrogen-bond donors (Lipinski definition) is 0. The van der Waals surface area contributed by atoms with Gasteiger partial charge in [-0.2, -0.15) is 0 Å². The lowest BCUT2D eigenvalue weighted by Gasteiger charge is -2.38. The quantitative estimate of drug-likeness (QED) is 0.863. The predicted octanol–water partition coefficient (Wildman–Crippen LogP) is 2.24. The van der Waals surface area contributed by atoms with Crippen molar-refractivity contribution in [1.29, 1.82) is 0 Å². The van der Waals surface area contributed by atoms with Gasteiger partial charge in [0, 0.05) is 48.6 Å². The van der Waals surface area contributed by atoms with Crippen LogP contribution in [0.25, 0.3) is 0 Å². The molecule has 23 heavy (non-hydrogen) atoms. The van der Waals surface area contributed by atoms with Crippen LogP contribution in [0, 0.1) is 13.8 Å². The van der Waals surface area contributed by atoms with Crippen LogP contribution in [0.5, 0.6) is 0 Å². The topological polar surface area (TPSA) is 41.5 Å². The second-order valence-electron chi connectivity index (χ2n) is 6.38. The maximum Gasteiger partial charge on any atom is 0.0918 e. The molecule has 2 fully saturated rings. The first-order valence-corrected chi connectivity index (χ1v) is 9.01. The van der Waals surface area contributed by atoms with E-state index in [0.717, 1.165) is 44.2 Å². The van der Waals surface area contributed by atoms with E-state index in [2.05, 4.69) is 45.7 Å². The number of morpholine rings is 1. The Morgan fingerprint density at radius 2 is 2.22 bits per heavy atom. The Morgan fingerprint density at radius 1 is 1.30 bits per heavy atom. The normalized spacial score (nSPS) is 24.9. The highest BCUT2D eigenvalue weighted by Gasteiger charge is 2.40. The number of aryl methyl sites for hydroxylation is 2. The smallest absolute Gasteiger partial charge is 0.0918 e. The highest BCUT2D eigenvalue weighted by atomic mass is 32.1. The number of hydrogen-bond acceptors (Lipinski definition) is 6. The first-order chi connectivity index (χ1) is 11.2. The van der Waals surface area contributed by atoms with Gasteiger partial charge in [-0.25, -0.2) is 4.98 Å². The molecule has 0 radical (unpaired) electrons. The van der Waals surface area contributed by atoms with E-state index in [1.807, 2.05) is 11.7 Å². The molecule has 0 bridgehead atoms. The van der Waals surface area contributed by atoms with E-state index >= 15 is 0 Å². The Kier molecular flexibility index (Phi) is 4.05. The summed E-state index contributed by atoms with van der Waals surface area (Å²) >= 11 is 1.75. The molecule has 0 saturated carbocycles. The summed E-state index contributed by atoms with van der Waals surface area (Å²) in [7, 11) is 0. The third kappa shape index (κ3) is 2.98. The molecule has 4 rings (SSSR count). The van der Waals surface area contributed by atoms with Crippen molar-refractivity contribution < 1.29 is 4.74 Å². The second kappa shape index (κ2) is 6.19. The number of fused-ring (bicyclic) bond motifs is 1. The van der Waals surface area contributed by atoms with Crippen LogP contribution in [0.3, 0.4) is 0 Å². The molecule has 0 aliphatic carbocycles. The van der Waals surface area contributed by atoms with Gasteiger partial charge in [-0.3, -0.25) is 9.88 Å². The minimum atomic E-state index is 0.297. The highest BCUT2D eigenvalue weighted by Crippen LogP contribution is 2.29. The maximum atomic E-state index is 6.05. The first-order valence-electron chi connectivity index (χ1n) is 8.13. The molecule has 0 N–H and O–H groups in total. The van der Waals surface area contributed by atoms with Crippen molar-refractivity contribution in [2.45, 2.75) is 32.5 Å². The lowest BCUT2D eigenvalue weighted by Crippen LogP contribution is -2.51. The number of pyridine rings is 1. The maximum absolute atomic E-state index is 6.05. The van der Waals surface area contributed by atoms with Crippen molar-refractivity contribution in [2.75, 3.05) is 31.1 Å². The van der Waals surface area contributed by atoms with Gasteiger partial charge in [-0.15, -0.1) is 11.3 Å². The molecule has 122 valence electrons. The van der Waals surface area contributed by atoms with E-state index in [1.54, 1.807) is 11.3 Å². The Bertz CT molecular complexity index is 689. The molecule has 2 saturated heterocycles. The Labute approximate surface area is 140 Å². The van der Waals surface area contributed by atoms with E-state index in [4.69, 9.17) is 4.74 Å². The standard InChI is InChI=1S/C17H22N4OS/c1-12-7-14(3-4-18-12)21-5-6-22-16-9-20(8-15(16)21)10-17-13(2)19-11-23-17/h3-4,7,11,15-16H,5-6,8-10H2,1-2H3/t15-,16-/m0/s1. The van der Waals surface area contributed by atoms with Crippen LogP contribution in [0.1, 0.15) is 16.3 Å². The van der Waals surface area contributed by atoms with E-state index in [0.29, 0.717) is 12.1 Å². The van der Waals surface area contributed by atoms with Gasteiger partial charge >= 0.3 is 0 Å². The fourth-order valence-electron chi connectivity index (χ4n) is 3.60. The summed E-state index contributed by atoms with van der Waals surface area (Å²) in [6.07, 6.45) is 2.20. The molecule has 0 amide bonds. The first kappa shape index (κ1) is 15.1. The van der Waals surface area contributed by atoms with Crippen LogP contribution in [0.2, 0.25) is 0 Å². The molecular weight excluding hydrogens is 308 g/mol. The fourth-order valence-corrected chi connectivity index (χ4v) is 4.42. The molecule has 2 atom stereocenters. The van der Waals surface area contributed by atoms with E-state index < -0.39 is 0 Å². The van der Waals surface area contributed by atoms with Gasteiger partial charge in [-0.1, -0.05) is 0 Å². The largest absolute Gasteiger partial charge is 0.373 e. The molecule has 0 aromatic carbocycles. The molecule has 2 aromatic heterocycles. The summed E-state index contributed by atoms with van der Waals surface area (Å²) in [4.78, 5) is 15.1. The highest BCUT2D eigenvalue weighted by molar-refractivity contribution is 7.09.